The van der Waals surface area contributed by atoms with E-state index in [4.69, 9.17) is 4.74 Å². The van der Waals surface area contributed by atoms with Crippen molar-refractivity contribution < 1.29 is 27.6 Å². The zero-order valence-corrected chi connectivity index (χ0v) is 10.2. The molecule has 1 aliphatic rings. The summed E-state index contributed by atoms with van der Waals surface area (Å²) < 4.78 is 46.2. The number of halogens is 3. The number of nitrogens with zero attached hydrogens (tertiary/aromatic N) is 2. The highest BCUT2D eigenvalue weighted by molar-refractivity contribution is 5.62. The molecule has 1 heterocycles. The van der Waals surface area contributed by atoms with Gasteiger partial charge in [-0.2, -0.15) is 0 Å². The zero-order valence-electron chi connectivity index (χ0n) is 10.2. The average Bonchev–Trinajstić information content (AvgIpc) is 2.37. The summed E-state index contributed by atoms with van der Waals surface area (Å²) in [6.07, 6.45) is -4.91. The predicted octanol–water partition coefficient (Wildman–Crippen LogP) is 2.33. The highest BCUT2D eigenvalue weighted by atomic mass is 19.4. The summed E-state index contributed by atoms with van der Waals surface area (Å²) in [6, 6.07) is 3.18. The fourth-order valence-corrected chi connectivity index (χ4v) is 1.89. The van der Waals surface area contributed by atoms with Crippen molar-refractivity contribution in [1.82, 2.24) is 0 Å². The molecule has 0 radical (unpaired) electrons. The molecule has 0 spiro atoms. The van der Waals surface area contributed by atoms with Gasteiger partial charge in [0.25, 0.3) is 5.69 Å². The maximum atomic E-state index is 12.4. The van der Waals surface area contributed by atoms with Crippen LogP contribution in [0.4, 0.5) is 24.5 Å². The second-order valence-electron chi connectivity index (χ2n) is 4.06. The van der Waals surface area contributed by atoms with Crippen LogP contribution in [-0.4, -0.2) is 37.6 Å². The van der Waals surface area contributed by atoms with E-state index in [1.54, 1.807) is 4.90 Å². The monoisotopic (exact) mass is 292 g/mol. The van der Waals surface area contributed by atoms with E-state index in [0.717, 1.165) is 12.1 Å². The lowest BCUT2D eigenvalue weighted by molar-refractivity contribution is -0.385. The highest BCUT2D eigenvalue weighted by Crippen LogP contribution is 2.36. The van der Waals surface area contributed by atoms with Crippen LogP contribution in [0.2, 0.25) is 0 Å². The highest BCUT2D eigenvalue weighted by Gasteiger charge is 2.33. The van der Waals surface area contributed by atoms with Crippen molar-refractivity contribution in [3.8, 4) is 5.75 Å². The van der Waals surface area contributed by atoms with Gasteiger partial charge in [-0.15, -0.1) is 13.2 Å². The molecule has 0 aromatic heterocycles. The van der Waals surface area contributed by atoms with Crippen LogP contribution in [-0.2, 0) is 4.74 Å². The number of morpholine rings is 1. The fourth-order valence-electron chi connectivity index (χ4n) is 1.89. The van der Waals surface area contributed by atoms with Crippen molar-refractivity contribution in [2.75, 3.05) is 31.2 Å². The van der Waals surface area contributed by atoms with E-state index in [2.05, 4.69) is 4.74 Å². The van der Waals surface area contributed by atoms with Crippen molar-refractivity contribution in [1.29, 1.82) is 0 Å². The lowest BCUT2D eigenvalue weighted by Crippen LogP contribution is -2.36. The van der Waals surface area contributed by atoms with Gasteiger partial charge in [0.15, 0.2) is 5.75 Å². The molecule has 0 unspecified atom stereocenters. The predicted molar refractivity (Wildman–Crippen MR) is 62.8 cm³/mol. The third-order valence-corrected chi connectivity index (χ3v) is 2.73. The Kier molecular flexibility index (Phi) is 3.98. The molecule has 110 valence electrons. The molecule has 1 fully saturated rings. The number of ether oxygens (including phenoxy) is 2. The summed E-state index contributed by atoms with van der Waals surface area (Å²) in [5.74, 6) is -0.575. The van der Waals surface area contributed by atoms with E-state index in [0.29, 0.717) is 26.3 Å². The summed E-state index contributed by atoms with van der Waals surface area (Å²) in [5, 5.41) is 10.6. The molecular formula is C11H11F3N2O4. The molecule has 0 amide bonds. The van der Waals surface area contributed by atoms with E-state index in [-0.39, 0.29) is 5.69 Å². The molecule has 0 atom stereocenters. The standard InChI is InChI=1S/C11H11F3N2O4/c12-11(13,14)20-10-7-8(16(17)18)1-2-9(10)15-3-5-19-6-4-15/h1-2,7H,3-6H2. The maximum absolute atomic E-state index is 12.4. The van der Waals surface area contributed by atoms with Crippen LogP contribution >= 0.6 is 0 Å². The number of alkyl halides is 3. The first-order valence-electron chi connectivity index (χ1n) is 5.74. The number of nitro benzene ring substituents is 1. The Labute approximate surface area is 111 Å². The number of hydrogen-bond acceptors (Lipinski definition) is 5. The Bertz CT molecular complexity index is 501. The second kappa shape index (κ2) is 5.53. The maximum Gasteiger partial charge on any atom is 0.573 e. The zero-order chi connectivity index (χ0) is 14.8. The van der Waals surface area contributed by atoms with Gasteiger partial charge >= 0.3 is 6.36 Å². The molecule has 20 heavy (non-hydrogen) atoms. The first kappa shape index (κ1) is 14.4. The first-order chi connectivity index (χ1) is 9.37. The third kappa shape index (κ3) is 3.50. The Balaban J connectivity index is 2.35. The minimum Gasteiger partial charge on any atom is -0.403 e. The number of nitro groups is 1. The summed E-state index contributed by atoms with van der Waals surface area (Å²) in [5.41, 5.74) is -0.294. The Hall–Kier alpha value is -2.03. The fraction of sp³-hybridized carbons (Fsp3) is 0.455. The van der Waals surface area contributed by atoms with Crippen molar-refractivity contribution in [2.45, 2.75) is 6.36 Å². The number of non-ortho nitro benzene ring substituents is 1. The molecule has 6 nitrogen and oxygen atoms in total. The SMILES string of the molecule is O=[N+]([O-])c1ccc(N2CCOCC2)c(OC(F)(F)F)c1. The minimum atomic E-state index is -4.91. The number of benzene rings is 1. The largest absolute Gasteiger partial charge is 0.573 e. The van der Waals surface area contributed by atoms with Crippen LogP contribution in [0.25, 0.3) is 0 Å². The van der Waals surface area contributed by atoms with Gasteiger partial charge in [-0.05, 0) is 6.07 Å². The van der Waals surface area contributed by atoms with Gasteiger partial charge in [-0.1, -0.05) is 0 Å². The Morgan fingerprint density at radius 2 is 1.95 bits per heavy atom. The van der Waals surface area contributed by atoms with Gasteiger partial charge < -0.3 is 14.4 Å². The molecule has 1 saturated heterocycles. The van der Waals surface area contributed by atoms with Crippen LogP contribution in [0, 0.1) is 10.1 Å². The molecule has 1 aliphatic heterocycles. The lowest BCUT2D eigenvalue weighted by atomic mass is 10.2. The number of rotatable bonds is 3. The van der Waals surface area contributed by atoms with Crippen LogP contribution in [0.1, 0.15) is 0 Å². The molecule has 1 aromatic carbocycles. The van der Waals surface area contributed by atoms with E-state index in [1.807, 2.05) is 0 Å². The van der Waals surface area contributed by atoms with Crippen LogP contribution in [0.3, 0.4) is 0 Å². The van der Waals surface area contributed by atoms with E-state index >= 15 is 0 Å². The van der Waals surface area contributed by atoms with Crippen LogP contribution in [0.5, 0.6) is 5.75 Å². The quantitative estimate of drug-likeness (QED) is 0.632. The number of anilines is 1. The van der Waals surface area contributed by atoms with Crippen molar-refractivity contribution in [3.05, 3.63) is 28.3 Å². The molecular weight excluding hydrogens is 281 g/mol. The second-order valence-corrected chi connectivity index (χ2v) is 4.06. The molecule has 0 saturated carbocycles. The van der Waals surface area contributed by atoms with Gasteiger partial charge in [0, 0.05) is 19.2 Å². The molecule has 0 N–H and O–H groups in total. The first-order valence-corrected chi connectivity index (χ1v) is 5.74. The average molecular weight is 292 g/mol. The van der Waals surface area contributed by atoms with Crippen molar-refractivity contribution >= 4 is 11.4 Å². The van der Waals surface area contributed by atoms with E-state index in [1.165, 1.54) is 6.07 Å². The van der Waals surface area contributed by atoms with Gasteiger partial charge in [-0.25, -0.2) is 0 Å². The summed E-state index contributed by atoms with van der Waals surface area (Å²) >= 11 is 0. The van der Waals surface area contributed by atoms with E-state index in [9.17, 15) is 23.3 Å². The summed E-state index contributed by atoms with van der Waals surface area (Å²) in [6.45, 7) is 1.54. The smallest absolute Gasteiger partial charge is 0.403 e. The van der Waals surface area contributed by atoms with E-state index < -0.39 is 22.7 Å². The number of hydrogen-bond donors (Lipinski definition) is 0. The van der Waals surface area contributed by atoms with Crippen molar-refractivity contribution in [3.63, 3.8) is 0 Å². The van der Waals surface area contributed by atoms with Gasteiger partial charge in [0.2, 0.25) is 0 Å². The van der Waals surface area contributed by atoms with Gasteiger partial charge in [-0.3, -0.25) is 10.1 Å². The summed E-state index contributed by atoms with van der Waals surface area (Å²) in [7, 11) is 0. The Morgan fingerprint density at radius 3 is 2.50 bits per heavy atom. The third-order valence-electron chi connectivity index (χ3n) is 2.73. The van der Waals surface area contributed by atoms with Gasteiger partial charge in [0.05, 0.1) is 29.9 Å². The molecule has 1 aromatic rings. The molecule has 9 heteroatoms. The van der Waals surface area contributed by atoms with Gasteiger partial charge in [0.1, 0.15) is 0 Å². The summed E-state index contributed by atoms with van der Waals surface area (Å²) in [4.78, 5) is 11.5. The normalized spacial score (nSPS) is 16.1. The molecule has 2 rings (SSSR count). The Morgan fingerprint density at radius 1 is 1.30 bits per heavy atom. The van der Waals surface area contributed by atoms with Crippen LogP contribution in [0.15, 0.2) is 18.2 Å². The molecule has 0 bridgehead atoms. The van der Waals surface area contributed by atoms with Crippen LogP contribution < -0.4 is 9.64 Å². The topological polar surface area (TPSA) is 64.8 Å². The van der Waals surface area contributed by atoms with Crippen molar-refractivity contribution in [2.24, 2.45) is 0 Å². The minimum absolute atomic E-state index is 0.163. The molecule has 0 aliphatic carbocycles. The lowest BCUT2D eigenvalue weighted by Gasteiger charge is -2.30.